The lowest BCUT2D eigenvalue weighted by Crippen LogP contribution is -2.34. The van der Waals surface area contributed by atoms with Gasteiger partial charge in [-0.25, -0.2) is 4.79 Å². The van der Waals surface area contributed by atoms with E-state index in [1.165, 1.54) is 0 Å². The molecule has 1 aromatic heterocycles. The van der Waals surface area contributed by atoms with Crippen molar-refractivity contribution >= 4 is 34.2 Å². The number of carbonyl (C=O) groups is 1. The second kappa shape index (κ2) is 8.77. The molecule has 0 saturated carbocycles. The smallest absolute Gasteiger partial charge is 0.319 e. The fraction of sp³-hybridized carbons (Fsp3) is 0.273. The Morgan fingerprint density at radius 3 is 2.61 bits per heavy atom. The van der Waals surface area contributed by atoms with E-state index in [1.807, 2.05) is 13.8 Å². The Morgan fingerprint density at radius 1 is 1.13 bits per heavy atom. The maximum absolute atomic E-state index is 11.9. The molecule has 2 N–H and O–H groups in total. The summed E-state index contributed by atoms with van der Waals surface area (Å²) in [6.07, 6.45) is 1.64. The van der Waals surface area contributed by atoms with Gasteiger partial charge in [0, 0.05) is 24.4 Å². The van der Waals surface area contributed by atoms with Gasteiger partial charge in [-0.15, -0.1) is 0 Å². The molecule has 0 fully saturated rings. The standard InChI is InChI=1S/C22H22ClN3O5/c1-12(2)25-22(27)26-15-5-4-13(10-14(15)23)31-17-6-7-24-16-11-18(28-3)20-21(19(16)17)30-9-8-29-20/h4-7,10-12H,8-9H2,1-3H3,(H2,25,26,27). The molecule has 0 atom stereocenters. The fourth-order valence-corrected chi connectivity index (χ4v) is 3.44. The second-order valence-corrected chi connectivity index (χ2v) is 7.54. The highest BCUT2D eigenvalue weighted by Gasteiger charge is 2.24. The molecular formula is C22H22ClN3O5. The number of amides is 2. The molecule has 0 radical (unpaired) electrons. The van der Waals surface area contributed by atoms with Gasteiger partial charge in [0.15, 0.2) is 11.5 Å². The van der Waals surface area contributed by atoms with Crippen LogP contribution in [-0.2, 0) is 0 Å². The first kappa shape index (κ1) is 20.9. The number of halogens is 1. The maximum Gasteiger partial charge on any atom is 0.319 e. The van der Waals surface area contributed by atoms with Gasteiger partial charge in [-0.1, -0.05) is 11.6 Å². The van der Waals surface area contributed by atoms with E-state index in [1.54, 1.807) is 43.6 Å². The van der Waals surface area contributed by atoms with E-state index in [-0.39, 0.29) is 12.1 Å². The molecule has 0 bridgehead atoms. The SMILES string of the molecule is COc1cc2nccc(Oc3ccc(NC(=O)NC(C)C)c(Cl)c3)c2c2c1OCCO2. The monoisotopic (exact) mass is 443 g/mol. The number of rotatable bonds is 5. The number of ether oxygens (including phenoxy) is 4. The van der Waals surface area contributed by atoms with E-state index >= 15 is 0 Å². The van der Waals surface area contributed by atoms with E-state index < -0.39 is 0 Å². The number of nitrogens with one attached hydrogen (secondary N) is 2. The van der Waals surface area contributed by atoms with Crippen molar-refractivity contribution in [1.82, 2.24) is 10.3 Å². The zero-order valence-corrected chi connectivity index (χ0v) is 18.1. The van der Waals surface area contributed by atoms with Crippen LogP contribution in [0.5, 0.6) is 28.7 Å². The van der Waals surface area contributed by atoms with E-state index in [4.69, 9.17) is 30.5 Å². The van der Waals surface area contributed by atoms with E-state index in [2.05, 4.69) is 15.6 Å². The van der Waals surface area contributed by atoms with Crippen LogP contribution >= 0.6 is 11.6 Å². The minimum Gasteiger partial charge on any atom is -0.493 e. The normalized spacial score (nSPS) is 12.5. The van der Waals surface area contributed by atoms with E-state index in [0.29, 0.717) is 63.6 Å². The molecule has 1 aliphatic rings. The van der Waals surface area contributed by atoms with Crippen LogP contribution in [0.1, 0.15) is 13.8 Å². The van der Waals surface area contributed by atoms with Crippen LogP contribution in [0.4, 0.5) is 10.5 Å². The Kier molecular flexibility index (Phi) is 5.90. The minimum atomic E-state index is -0.330. The Hall–Kier alpha value is -3.39. The quantitative estimate of drug-likeness (QED) is 0.577. The van der Waals surface area contributed by atoms with Crippen LogP contribution in [0.3, 0.4) is 0 Å². The topological polar surface area (TPSA) is 90.9 Å². The molecule has 9 heteroatoms. The van der Waals surface area contributed by atoms with Crippen molar-refractivity contribution in [1.29, 1.82) is 0 Å². The maximum atomic E-state index is 11.9. The molecule has 0 spiro atoms. The molecule has 0 aliphatic carbocycles. The Bertz CT molecular complexity index is 1140. The first-order valence-corrected chi connectivity index (χ1v) is 10.1. The number of fused-ring (bicyclic) bond motifs is 3. The zero-order valence-electron chi connectivity index (χ0n) is 17.3. The largest absolute Gasteiger partial charge is 0.493 e. The van der Waals surface area contributed by atoms with Crippen molar-refractivity contribution in [2.75, 3.05) is 25.6 Å². The summed E-state index contributed by atoms with van der Waals surface area (Å²) in [5.41, 5.74) is 1.12. The van der Waals surface area contributed by atoms with Crippen molar-refractivity contribution in [2.45, 2.75) is 19.9 Å². The molecule has 2 heterocycles. The minimum absolute atomic E-state index is 0.0112. The average molecular weight is 444 g/mol. The number of carbonyl (C=O) groups excluding carboxylic acids is 1. The highest BCUT2D eigenvalue weighted by molar-refractivity contribution is 6.33. The fourth-order valence-electron chi connectivity index (χ4n) is 3.22. The molecule has 8 nitrogen and oxygen atoms in total. The molecule has 4 rings (SSSR count). The van der Waals surface area contributed by atoms with Crippen LogP contribution in [-0.4, -0.2) is 37.4 Å². The van der Waals surface area contributed by atoms with Gasteiger partial charge in [0.05, 0.1) is 28.7 Å². The molecule has 2 amide bonds. The third-order valence-corrected chi connectivity index (χ3v) is 4.81. The lowest BCUT2D eigenvalue weighted by atomic mass is 10.1. The predicted octanol–water partition coefficient (Wildman–Crippen LogP) is 4.99. The summed E-state index contributed by atoms with van der Waals surface area (Å²) in [7, 11) is 1.57. The molecular weight excluding hydrogens is 422 g/mol. The van der Waals surface area contributed by atoms with Crippen LogP contribution < -0.4 is 29.6 Å². The van der Waals surface area contributed by atoms with Crippen LogP contribution in [0, 0.1) is 0 Å². The number of benzene rings is 2. The van der Waals surface area contributed by atoms with Gasteiger partial charge in [0.2, 0.25) is 5.75 Å². The number of hydrogen-bond acceptors (Lipinski definition) is 6. The van der Waals surface area contributed by atoms with Gasteiger partial charge < -0.3 is 29.6 Å². The number of nitrogens with zero attached hydrogens (tertiary/aromatic N) is 1. The van der Waals surface area contributed by atoms with Gasteiger partial charge >= 0.3 is 6.03 Å². The number of methoxy groups -OCH3 is 1. The number of aromatic nitrogens is 1. The predicted molar refractivity (Wildman–Crippen MR) is 118 cm³/mol. The summed E-state index contributed by atoms with van der Waals surface area (Å²) in [5, 5.41) is 6.49. The van der Waals surface area contributed by atoms with Gasteiger partial charge in [-0.05, 0) is 32.0 Å². The van der Waals surface area contributed by atoms with Gasteiger partial charge in [-0.2, -0.15) is 0 Å². The molecule has 2 aromatic carbocycles. The van der Waals surface area contributed by atoms with Crippen molar-refractivity contribution in [3.8, 4) is 28.7 Å². The Labute approximate surface area is 184 Å². The van der Waals surface area contributed by atoms with Crippen LogP contribution in [0.2, 0.25) is 5.02 Å². The van der Waals surface area contributed by atoms with Gasteiger partial charge in [0.1, 0.15) is 24.7 Å². The molecule has 162 valence electrons. The zero-order chi connectivity index (χ0) is 22.0. The molecule has 0 unspecified atom stereocenters. The van der Waals surface area contributed by atoms with E-state index in [0.717, 1.165) is 0 Å². The Morgan fingerprint density at radius 2 is 1.90 bits per heavy atom. The first-order chi connectivity index (χ1) is 15.0. The summed E-state index contributed by atoms with van der Waals surface area (Å²) < 4.78 is 23.2. The summed E-state index contributed by atoms with van der Waals surface area (Å²) in [5.74, 6) is 2.62. The average Bonchev–Trinajstić information content (AvgIpc) is 2.74. The van der Waals surface area contributed by atoms with Gasteiger partial charge in [-0.3, -0.25) is 4.98 Å². The van der Waals surface area contributed by atoms with Crippen molar-refractivity contribution in [3.05, 3.63) is 41.6 Å². The first-order valence-electron chi connectivity index (χ1n) is 9.76. The number of urea groups is 1. The van der Waals surface area contributed by atoms with Crippen molar-refractivity contribution in [2.24, 2.45) is 0 Å². The third kappa shape index (κ3) is 4.39. The second-order valence-electron chi connectivity index (χ2n) is 7.13. The molecule has 0 saturated heterocycles. The molecule has 1 aliphatic heterocycles. The highest BCUT2D eigenvalue weighted by atomic mass is 35.5. The Balaban J connectivity index is 1.66. The summed E-state index contributed by atoms with van der Waals surface area (Å²) in [4.78, 5) is 16.3. The van der Waals surface area contributed by atoms with Crippen molar-refractivity contribution in [3.63, 3.8) is 0 Å². The van der Waals surface area contributed by atoms with Crippen LogP contribution in [0.15, 0.2) is 36.5 Å². The van der Waals surface area contributed by atoms with Crippen molar-refractivity contribution < 1.29 is 23.7 Å². The summed E-state index contributed by atoms with van der Waals surface area (Å²) >= 11 is 6.35. The number of hydrogen-bond donors (Lipinski definition) is 2. The lowest BCUT2D eigenvalue weighted by molar-refractivity contribution is 0.167. The highest BCUT2D eigenvalue weighted by Crippen LogP contribution is 2.48. The third-order valence-electron chi connectivity index (χ3n) is 4.50. The van der Waals surface area contributed by atoms with Crippen LogP contribution in [0.25, 0.3) is 10.9 Å². The number of pyridine rings is 1. The number of anilines is 1. The lowest BCUT2D eigenvalue weighted by Gasteiger charge is -2.23. The molecule has 3 aromatic rings. The summed E-state index contributed by atoms with van der Waals surface area (Å²) in [6, 6.07) is 8.23. The summed E-state index contributed by atoms with van der Waals surface area (Å²) in [6.45, 7) is 4.59. The van der Waals surface area contributed by atoms with Gasteiger partial charge in [0.25, 0.3) is 0 Å². The van der Waals surface area contributed by atoms with E-state index in [9.17, 15) is 4.79 Å². The molecule has 31 heavy (non-hydrogen) atoms.